The van der Waals surface area contributed by atoms with E-state index in [1.807, 2.05) is 13.1 Å². The molecule has 0 aliphatic heterocycles. The topological polar surface area (TPSA) is 91.4 Å². The van der Waals surface area contributed by atoms with Gasteiger partial charge in [0.2, 0.25) is 0 Å². The van der Waals surface area contributed by atoms with Gasteiger partial charge < -0.3 is 20.5 Å². The third-order valence-electron chi connectivity index (χ3n) is 4.28. The number of carbonyl (C=O) groups is 1. The highest BCUT2D eigenvalue weighted by Gasteiger charge is 2.13. The van der Waals surface area contributed by atoms with E-state index in [1.165, 1.54) is 19.2 Å². The van der Waals surface area contributed by atoms with Crippen LogP contribution in [0, 0.1) is 5.82 Å². The molecule has 0 aliphatic carbocycles. The molecule has 0 radical (unpaired) electrons. The molecule has 160 valence electrons. The van der Waals surface area contributed by atoms with E-state index in [4.69, 9.17) is 15.2 Å². The van der Waals surface area contributed by atoms with Crippen molar-refractivity contribution in [2.45, 2.75) is 26.6 Å². The van der Waals surface area contributed by atoms with Crippen molar-refractivity contribution in [1.29, 1.82) is 0 Å². The molecule has 0 unspecified atom stereocenters. The molecule has 0 fully saturated rings. The second kappa shape index (κ2) is 10.6. The van der Waals surface area contributed by atoms with E-state index in [-0.39, 0.29) is 30.6 Å². The number of rotatable bonds is 8. The first kappa shape index (κ1) is 23.2. The molecule has 0 spiro atoms. The van der Waals surface area contributed by atoms with E-state index in [0.717, 1.165) is 12.1 Å². The van der Waals surface area contributed by atoms with E-state index in [1.54, 1.807) is 35.1 Å². The van der Waals surface area contributed by atoms with E-state index in [2.05, 4.69) is 10.4 Å². The van der Waals surface area contributed by atoms with Crippen molar-refractivity contribution < 1.29 is 18.7 Å². The van der Waals surface area contributed by atoms with Crippen LogP contribution in [0.4, 0.5) is 4.39 Å². The van der Waals surface area contributed by atoms with Gasteiger partial charge in [-0.1, -0.05) is 0 Å². The van der Waals surface area contributed by atoms with Crippen LogP contribution in [0.25, 0.3) is 0 Å². The van der Waals surface area contributed by atoms with Crippen molar-refractivity contribution in [2.24, 2.45) is 5.73 Å². The van der Waals surface area contributed by atoms with E-state index in [0.29, 0.717) is 29.2 Å². The number of hydrogen-bond donors (Lipinski definition) is 2. The fourth-order valence-corrected chi connectivity index (χ4v) is 2.78. The average molecular weight is 435 g/mol. The van der Waals surface area contributed by atoms with Gasteiger partial charge in [-0.3, -0.25) is 9.48 Å². The van der Waals surface area contributed by atoms with Gasteiger partial charge in [-0.05, 0) is 42.8 Å². The number of carbonyl (C=O) groups excluding carboxylic acids is 1. The quantitative estimate of drug-likeness (QED) is 0.564. The summed E-state index contributed by atoms with van der Waals surface area (Å²) in [6.45, 7) is 3.29. The standard InChI is InChI=1S/C21H23FN4O3.ClH/c1-3-26-13-15(12-25-26)11-24-21(27)16-4-5-19(28-2)20(8-16)29-18-7-14(10-23)6-17(22)9-18;/h4-9,12-13H,3,10-11,23H2,1-2H3,(H,24,27);1H. The lowest BCUT2D eigenvalue weighted by molar-refractivity contribution is 0.0950. The molecule has 0 saturated carbocycles. The van der Waals surface area contributed by atoms with Crippen molar-refractivity contribution >= 4 is 18.3 Å². The molecule has 1 amide bonds. The van der Waals surface area contributed by atoms with E-state index >= 15 is 0 Å². The van der Waals surface area contributed by atoms with Crippen LogP contribution in [0.5, 0.6) is 17.2 Å². The Morgan fingerprint density at radius 3 is 2.67 bits per heavy atom. The third-order valence-corrected chi connectivity index (χ3v) is 4.28. The summed E-state index contributed by atoms with van der Waals surface area (Å²) in [5.41, 5.74) is 7.47. The molecule has 30 heavy (non-hydrogen) atoms. The average Bonchev–Trinajstić information content (AvgIpc) is 3.19. The first-order chi connectivity index (χ1) is 14.0. The lowest BCUT2D eigenvalue weighted by Crippen LogP contribution is -2.22. The summed E-state index contributed by atoms with van der Waals surface area (Å²) in [4.78, 5) is 12.5. The van der Waals surface area contributed by atoms with Crippen LogP contribution in [-0.4, -0.2) is 22.8 Å². The lowest BCUT2D eigenvalue weighted by Gasteiger charge is -2.13. The van der Waals surface area contributed by atoms with Gasteiger partial charge in [-0.15, -0.1) is 12.4 Å². The number of nitrogens with one attached hydrogen (secondary N) is 1. The van der Waals surface area contributed by atoms with Crippen LogP contribution in [-0.2, 0) is 19.6 Å². The highest BCUT2D eigenvalue weighted by atomic mass is 35.5. The number of amides is 1. The van der Waals surface area contributed by atoms with Crippen molar-refractivity contribution in [3.8, 4) is 17.2 Å². The molecule has 3 rings (SSSR count). The number of hydrogen-bond acceptors (Lipinski definition) is 5. The molecule has 0 saturated heterocycles. The number of ether oxygens (including phenoxy) is 2. The molecule has 1 aromatic heterocycles. The first-order valence-corrected chi connectivity index (χ1v) is 9.17. The zero-order valence-corrected chi connectivity index (χ0v) is 17.5. The molecule has 9 heteroatoms. The minimum atomic E-state index is -0.455. The predicted molar refractivity (Wildman–Crippen MR) is 114 cm³/mol. The zero-order valence-electron chi connectivity index (χ0n) is 16.7. The van der Waals surface area contributed by atoms with Crippen LogP contribution in [0.2, 0.25) is 0 Å². The molecule has 2 aromatic carbocycles. The second-order valence-corrected chi connectivity index (χ2v) is 6.35. The van der Waals surface area contributed by atoms with Crippen LogP contribution < -0.4 is 20.5 Å². The zero-order chi connectivity index (χ0) is 20.8. The summed E-state index contributed by atoms with van der Waals surface area (Å²) in [7, 11) is 1.49. The monoisotopic (exact) mass is 434 g/mol. The Morgan fingerprint density at radius 1 is 1.20 bits per heavy atom. The van der Waals surface area contributed by atoms with E-state index in [9.17, 15) is 9.18 Å². The lowest BCUT2D eigenvalue weighted by atomic mass is 10.1. The Hall–Kier alpha value is -3.10. The largest absolute Gasteiger partial charge is 0.493 e. The molecular formula is C21H24ClFN4O3. The van der Waals surface area contributed by atoms with Crippen LogP contribution >= 0.6 is 12.4 Å². The van der Waals surface area contributed by atoms with E-state index < -0.39 is 5.82 Å². The summed E-state index contributed by atoms with van der Waals surface area (Å²) in [6, 6.07) is 9.04. The predicted octanol–water partition coefficient (Wildman–Crippen LogP) is 3.65. The number of nitrogens with zero attached hydrogens (tertiary/aromatic N) is 2. The number of halogens is 2. The minimum absolute atomic E-state index is 0. The Balaban J connectivity index is 0.00000320. The summed E-state index contributed by atoms with van der Waals surface area (Å²) in [5, 5.41) is 7.02. The van der Waals surface area contributed by atoms with Crippen molar-refractivity contribution in [1.82, 2.24) is 15.1 Å². The fraction of sp³-hybridized carbons (Fsp3) is 0.238. The molecule has 0 bridgehead atoms. The van der Waals surface area contributed by atoms with Crippen LogP contribution in [0.3, 0.4) is 0 Å². The molecular weight excluding hydrogens is 411 g/mol. The van der Waals surface area contributed by atoms with Crippen LogP contribution in [0.1, 0.15) is 28.4 Å². The van der Waals surface area contributed by atoms with Gasteiger partial charge in [0.25, 0.3) is 5.91 Å². The smallest absolute Gasteiger partial charge is 0.251 e. The summed E-state index contributed by atoms with van der Waals surface area (Å²) in [5.74, 6) is 0.261. The van der Waals surface area contributed by atoms with Gasteiger partial charge in [-0.25, -0.2) is 4.39 Å². The SMILES string of the molecule is CCn1cc(CNC(=O)c2ccc(OC)c(Oc3cc(F)cc(CN)c3)c2)cn1.Cl. The molecule has 3 aromatic rings. The fourth-order valence-electron chi connectivity index (χ4n) is 2.78. The number of methoxy groups -OCH3 is 1. The molecule has 7 nitrogen and oxygen atoms in total. The Kier molecular flexibility index (Phi) is 8.20. The summed E-state index contributed by atoms with van der Waals surface area (Å²) < 4.78 is 26.6. The van der Waals surface area contributed by atoms with Gasteiger partial charge in [0.05, 0.1) is 13.3 Å². The Labute approximate surface area is 180 Å². The number of benzene rings is 2. The highest BCUT2D eigenvalue weighted by Crippen LogP contribution is 2.33. The number of aryl methyl sites for hydroxylation is 1. The molecule has 3 N–H and O–H groups in total. The molecule has 0 atom stereocenters. The molecule has 1 heterocycles. The maximum atomic E-state index is 13.8. The van der Waals surface area contributed by atoms with Crippen molar-refractivity contribution in [3.05, 3.63) is 71.3 Å². The third kappa shape index (κ3) is 5.71. The maximum Gasteiger partial charge on any atom is 0.251 e. The van der Waals surface area contributed by atoms with Gasteiger partial charge in [0, 0.05) is 43.0 Å². The minimum Gasteiger partial charge on any atom is -0.493 e. The van der Waals surface area contributed by atoms with Crippen LogP contribution in [0.15, 0.2) is 48.8 Å². The number of nitrogens with two attached hydrogens (primary N) is 1. The Morgan fingerprint density at radius 2 is 2.00 bits per heavy atom. The summed E-state index contributed by atoms with van der Waals surface area (Å²) >= 11 is 0. The number of aromatic nitrogens is 2. The van der Waals surface area contributed by atoms with Crippen molar-refractivity contribution in [2.75, 3.05) is 7.11 Å². The van der Waals surface area contributed by atoms with Crippen molar-refractivity contribution in [3.63, 3.8) is 0 Å². The first-order valence-electron chi connectivity index (χ1n) is 9.17. The van der Waals surface area contributed by atoms with Gasteiger partial charge in [-0.2, -0.15) is 5.10 Å². The normalized spacial score (nSPS) is 10.3. The molecule has 0 aliphatic rings. The van der Waals surface area contributed by atoms with Gasteiger partial charge >= 0.3 is 0 Å². The van der Waals surface area contributed by atoms with Gasteiger partial charge in [0.1, 0.15) is 11.6 Å². The maximum absolute atomic E-state index is 13.8. The van der Waals surface area contributed by atoms with Gasteiger partial charge in [0.15, 0.2) is 11.5 Å². The Bertz CT molecular complexity index is 1010. The second-order valence-electron chi connectivity index (χ2n) is 6.35. The summed E-state index contributed by atoms with van der Waals surface area (Å²) in [6.07, 6.45) is 3.59. The highest BCUT2D eigenvalue weighted by molar-refractivity contribution is 5.94.